The molecular weight excluding hydrogens is 511 g/mol. The number of alkyl halides is 3. The maximum atomic E-state index is 13.4. The second-order valence-electron chi connectivity index (χ2n) is 8.35. The zero-order valence-electron chi connectivity index (χ0n) is 19.1. The number of nitrogens with two attached hydrogens (primary N) is 1. The normalized spacial score (nSPS) is 15.8. The summed E-state index contributed by atoms with van der Waals surface area (Å²) in [7, 11) is 0. The predicted molar refractivity (Wildman–Crippen MR) is 131 cm³/mol. The van der Waals surface area contributed by atoms with E-state index in [0.29, 0.717) is 34.9 Å². The molecule has 4 aromatic rings. The molecule has 0 saturated carbocycles. The minimum absolute atomic E-state index is 0.0253. The summed E-state index contributed by atoms with van der Waals surface area (Å²) in [4.78, 5) is 28.9. The van der Waals surface area contributed by atoms with Gasteiger partial charge in [0.1, 0.15) is 23.4 Å². The van der Waals surface area contributed by atoms with Gasteiger partial charge in [-0.15, -0.1) is 0 Å². The summed E-state index contributed by atoms with van der Waals surface area (Å²) in [6.07, 6.45) is -3.84. The van der Waals surface area contributed by atoms with Crippen LogP contribution < -0.4 is 15.8 Å². The van der Waals surface area contributed by atoms with Crippen LogP contribution in [0.4, 0.5) is 28.9 Å². The van der Waals surface area contributed by atoms with E-state index in [2.05, 4.69) is 25.3 Å². The van der Waals surface area contributed by atoms with Gasteiger partial charge in [0, 0.05) is 31.3 Å². The van der Waals surface area contributed by atoms with Crippen LogP contribution >= 0.6 is 11.3 Å². The summed E-state index contributed by atoms with van der Waals surface area (Å²) in [5, 5.41) is 12.5. The van der Waals surface area contributed by atoms with E-state index in [1.54, 1.807) is 12.1 Å². The first-order valence-electron chi connectivity index (χ1n) is 11.1. The van der Waals surface area contributed by atoms with Crippen LogP contribution in [0.25, 0.3) is 21.5 Å². The predicted octanol–water partition coefficient (Wildman–Crippen LogP) is 4.95. The number of thiazole rings is 1. The molecule has 14 heteroatoms. The number of amides is 1. The number of para-hydroxylation sites is 1. The highest BCUT2D eigenvalue weighted by molar-refractivity contribution is 7.22. The molecule has 0 aliphatic carbocycles. The van der Waals surface area contributed by atoms with Crippen LogP contribution in [-0.4, -0.2) is 55.7 Å². The van der Waals surface area contributed by atoms with Crippen molar-refractivity contribution >= 4 is 38.6 Å². The van der Waals surface area contributed by atoms with E-state index in [0.717, 1.165) is 10.8 Å². The van der Waals surface area contributed by atoms with Gasteiger partial charge in [-0.2, -0.15) is 13.2 Å². The van der Waals surface area contributed by atoms with Crippen molar-refractivity contribution in [2.75, 3.05) is 30.7 Å². The lowest BCUT2D eigenvalue weighted by Gasteiger charge is -2.17. The van der Waals surface area contributed by atoms with Crippen LogP contribution in [0.3, 0.4) is 0 Å². The van der Waals surface area contributed by atoms with Crippen molar-refractivity contribution in [1.29, 1.82) is 0 Å². The fourth-order valence-corrected chi connectivity index (χ4v) is 4.80. The van der Waals surface area contributed by atoms with Crippen LogP contribution in [-0.2, 0) is 6.18 Å². The Bertz CT molecular complexity index is 1460. The Morgan fingerprint density at radius 2 is 2.08 bits per heavy atom. The monoisotopic (exact) mass is 531 g/mol. The quantitative estimate of drug-likeness (QED) is 0.315. The molecule has 0 radical (unpaired) electrons. The van der Waals surface area contributed by atoms with Crippen molar-refractivity contribution in [2.45, 2.75) is 12.6 Å². The van der Waals surface area contributed by atoms with Gasteiger partial charge in [0.05, 0.1) is 10.4 Å². The molecule has 37 heavy (non-hydrogen) atoms. The molecule has 192 valence electrons. The number of ether oxygens (including phenoxy) is 1. The van der Waals surface area contributed by atoms with E-state index in [4.69, 9.17) is 15.6 Å². The summed E-state index contributed by atoms with van der Waals surface area (Å²) in [5.74, 6) is 0.476. The molecule has 3 aromatic heterocycles. The number of likely N-dealkylation sites (tertiary alicyclic amines) is 1. The third-order valence-corrected chi connectivity index (χ3v) is 6.68. The first kappa shape index (κ1) is 24.5. The largest absolute Gasteiger partial charge is 0.465 e. The number of rotatable bonds is 6. The first-order chi connectivity index (χ1) is 17.7. The van der Waals surface area contributed by atoms with E-state index in [1.807, 2.05) is 6.07 Å². The molecule has 1 unspecified atom stereocenters. The zero-order valence-corrected chi connectivity index (χ0v) is 19.9. The van der Waals surface area contributed by atoms with Crippen molar-refractivity contribution in [3.63, 3.8) is 0 Å². The molecule has 1 fully saturated rings. The molecular formula is C23H20F3N7O3S. The van der Waals surface area contributed by atoms with Gasteiger partial charge in [0.25, 0.3) is 0 Å². The van der Waals surface area contributed by atoms with Crippen LogP contribution in [0, 0.1) is 5.92 Å². The van der Waals surface area contributed by atoms with Gasteiger partial charge in [-0.25, -0.2) is 24.7 Å². The van der Waals surface area contributed by atoms with Crippen LogP contribution in [0.2, 0.25) is 0 Å². The maximum absolute atomic E-state index is 13.4. The highest BCUT2D eigenvalue weighted by atomic mass is 32.1. The van der Waals surface area contributed by atoms with Crippen LogP contribution in [0.1, 0.15) is 12.1 Å². The SMILES string of the molecule is Nc1nc2c(Oc3cc(-c4ccc(C(F)(F)F)nc4NCC4CCN(C(=O)O)C4)ncn3)cccc2s1. The number of fused-ring (bicyclic) bond motifs is 1. The number of hydrogen-bond donors (Lipinski definition) is 3. The second-order valence-corrected chi connectivity index (χ2v) is 9.42. The fourth-order valence-electron chi connectivity index (χ4n) is 4.05. The van der Waals surface area contributed by atoms with Crippen LogP contribution in [0.5, 0.6) is 11.6 Å². The van der Waals surface area contributed by atoms with Gasteiger partial charge in [-0.05, 0) is 36.6 Å². The van der Waals surface area contributed by atoms with Gasteiger partial charge in [0.15, 0.2) is 10.9 Å². The number of pyridine rings is 1. The highest BCUT2D eigenvalue weighted by Crippen LogP contribution is 2.36. The number of halogens is 3. The van der Waals surface area contributed by atoms with Crippen molar-refractivity contribution < 1.29 is 27.8 Å². The van der Waals surface area contributed by atoms with Gasteiger partial charge >= 0.3 is 12.3 Å². The van der Waals surface area contributed by atoms with Gasteiger partial charge in [-0.1, -0.05) is 17.4 Å². The lowest BCUT2D eigenvalue weighted by molar-refractivity contribution is -0.141. The molecule has 5 rings (SSSR count). The van der Waals surface area contributed by atoms with E-state index < -0.39 is 18.0 Å². The molecule has 1 aliphatic rings. The number of nitrogen functional groups attached to an aromatic ring is 1. The molecule has 10 nitrogen and oxygen atoms in total. The lowest BCUT2D eigenvalue weighted by atomic mass is 10.1. The number of benzene rings is 1. The van der Waals surface area contributed by atoms with E-state index in [1.165, 1.54) is 34.7 Å². The third-order valence-electron chi connectivity index (χ3n) is 5.83. The molecule has 1 saturated heterocycles. The van der Waals surface area contributed by atoms with Gasteiger partial charge < -0.3 is 25.8 Å². The number of nitrogens with zero attached hydrogens (tertiary/aromatic N) is 5. The number of hydrogen-bond acceptors (Lipinski definition) is 9. The molecule has 4 heterocycles. The Morgan fingerprint density at radius 1 is 1.24 bits per heavy atom. The van der Waals surface area contributed by atoms with Gasteiger partial charge in [0.2, 0.25) is 5.88 Å². The van der Waals surface area contributed by atoms with Crippen molar-refractivity contribution in [3.05, 3.63) is 48.4 Å². The summed E-state index contributed by atoms with van der Waals surface area (Å²) in [6.45, 7) is 0.899. The molecule has 0 bridgehead atoms. The zero-order chi connectivity index (χ0) is 26.2. The summed E-state index contributed by atoms with van der Waals surface area (Å²) in [6, 6.07) is 9.00. The summed E-state index contributed by atoms with van der Waals surface area (Å²) < 4.78 is 46.9. The van der Waals surface area contributed by atoms with Gasteiger partial charge in [-0.3, -0.25) is 0 Å². The van der Waals surface area contributed by atoms with Crippen molar-refractivity contribution in [3.8, 4) is 22.9 Å². The number of aromatic nitrogens is 4. The fraction of sp³-hybridized carbons (Fsp3) is 0.261. The summed E-state index contributed by atoms with van der Waals surface area (Å²) >= 11 is 1.31. The number of carboxylic acid groups (broad SMARTS) is 1. The topological polar surface area (TPSA) is 139 Å². The van der Waals surface area contributed by atoms with Crippen LogP contribution in [0.15, 0.2) is 42.7 Å². The van der Waals surface area contributed by atoms with Crippen molar-refractivity contribution in [1.82, 2.24) is 24.8 Å². The minimum Gasteiger partial charge on any atom is -0.465 e. The second kappa shape index (κ2) is 9.69. The Balaban J connectivity index is 1.43. The minimum atomic E-state index is -4.64. The third kappa shape index (κ3) is 5.33. The standard InChI is InChI=1S/C23H20F3N7O3S/c24-23(25,26)17-5-4-13(20(31-17)28-9-12-6-7-33(10-12)22(34)35)14-8-18(30-11-29-14)36-15-2-1-3-16-19(15)32-21(27)37-16/h1-5,8,11-12H,6-7,9-10H2,(H2,27,32)(H,28,31)(H,34,35). The highest BCUT2D eigenvalue weighted by Gasteiger charge is 2.33. The molecule has 0 spiro atoms. The Labute approximate surface area is 212 Å². The lowest BCUT2D eigenvalue weighted by Crippen LogP contribution is -2.28. The first-order valence-corrected chi connectivity index (χ1v) is 11.9. The number of carbonyl (C=O) groups is 1. The molecule has 1 atom stereocenters. The summed E-state index contributed by atoms with van der Waals surface area (Å²) in [5.41, 5.74) is 5.91. The Morgan fingerprint density at radius 3 is 2.84 bits per heavy atom. The molecule has 4 N–H and O–H groups in total. The Kier molecular flexibility index (Phi) is 6.41. The average Bonchev–Trinajstić information content (AvgIpc) is 3.49. The smallest absolute Gasteiger partial charge is 0.433 e. The average molecular weight is 532 g/mol. The number of anilines is 2. The van der Waals surface area contributed by atoms with E-state index in [9.17, 15) is 18.0 Å². The molecule has 1 aliphatic heterocycles. The molecule has 1 amide bonds. The maximum Gasteiger partial charge on any atom is 0.433 e. The molecule has 1 aromatic carbocycles. The Hall–Kier alpha value is -4.20. The van der Waals surface area contributed by atoms with E-state index >= 15 is 0 Å². The number of nitrogens with one attached hydrogen (secondary N) is 1. The van der Waals surface area contributed by atoms with E-state index in [-0.39, 0.29) is 36.4 Å². The van der Waals surface area contributed by atoms with Crippen molar-refractivity contribution in [2.24, 2.45) is 5.92 Å².